The third-order valence-electron chi connectivity index (χ3n) is 4.36. The van der Waals surface area contributed by atoms with Gasteiger partial charge in [0.15, 0.2) is 0 Å². The Bertz CT molecular complexity index is 372. The normalized spacial score (nSPS) is 22.6. The SMILES string of the molecule is CN(C)CCOCCNC1CCC(c2ccccc2)CC1. The Morgan fingerprint density at radius 3 is 2.43 bits per heavy atom. The van der Waals surface area contributed by atoms with Crippen LogP contribution in [0.25, 0.3) is 0 Å². The largest absolute Gasteiger partial charge is 0.379 e. The molecule has 0 saturated heterocycles. The van der Waals surface area contributed by atoms with E-state index < -0.39 is 0 Å². The molecule has 1 fully saturated rings. The molecule has 1 aromatic carbocycles. The van der Waals surface area contributed by atoms with Gasteiger partial charge in [0, 0.05) is 19.1 Å². The van der Waals surface area contributed by atoms with E-state index in [1.807, 2.05) is 0 Å². The maximum absolute atomic E-state index is 5.62. The van der Waals surface area contributed by atoms with Gasteiger partial charge in [-0.15, -0.1) is 0 Å². The van der Waals surface area contributed by atoms with Crippen molar-refractivity contribution in [2.45, 2.75) is 37.6 Å². The molecule has 3 heteroatoms. The number of nitrogens with one attached hydrogen (secondary N) is 1. The predicted octanol–water partition coefficient (Wildman–Crippen LogP) is 2.88. The van der Waals surface area contributed by atoms with E-state index in [1.54, 1.807) is 0 Å². The van der Waals surface area contributed by atoms with Crippen LogP contribution >= 0.6 is 0 Å². The monoisotopic (exact) mass is 290 g/mol. The Morgan fingerprint density at radius 2 is 1.76 bits per heavy atom. The second-order valence-corrected chi connectivity index (χ2v) is 6.33. The van der Waals surface area contributed by atoms with Crippen LogP contribution in [0.15, 0.2) is 30.3 Å². The molecule has 2 rings (SSSR count). The molecule has 21 heavy (non-hydrogen) atoms. The van der Waals surface area contributed by atoms with Gasteiger partial charge in [-0.2, -0.15) is 0 Å². The number of nitrogens with zero attached hydrogens (tertiary/aromatic N) is 1. The summed E-state index contributed by atoms with van der Waals surface area (Å²) in [6.45, 7) is 3.64. The van der Waals surface area contributed by atoms with E-state index in [2.05, 4.69) is 54.6 Å². The summed E-state index contributed by atoms with van der Waals surface area (Å²) in [5, 5.41) is 3.64. The van der Waals surface area contributed by atoms with Gasteiger partial charge in [0.1, 0.15) is 0 Å². The zero-order chi connectivity index (χ0) is 14.9. The zero-order valence-electron chi connectivity index (χ0n) is 13.6. The molecule has 118 valence electrons. The fraction of sp³-hybridized carbons (Fsp3) is 0.667. The van der Waals surface area contributed by atoms with Gasteiger partial charge >= 0.3 is 0 Å². The third-order valence-corrected chi connectivity index (χ3v) is 4.36. The van der Waals surface area contributed by atoms with Crippen LogP contribution in [-0.2, 0) is 4.74 Å². The quantitative estimate of drug-likeness (QED) is 0.745. The second-order valence-electron chi connectivity index (χ2n) is 6.33. The minimum absolute atomic E-state index is 0.683. The van der Waals surface area contributed by atoms with E-state index in [-0.39, 0.29) is 0 Å². The molecule has 1 saturated carbocycles. The molecular formula is C18H30N2O. The van der Waals surface area contributed by atoms with E-state index in [0.29, 0.717) is 6.04 Å². The molecule has 0 unspecified atom stereocenters. The first-order valence-electron chi connectivity index (χ1n) is 8.26. The van der Waals surface area contributed by atoms with Gasteiger partial charge in [-0.3, -0.25) is 0 Å². The van der Waals surface area contributed by atoms with Gasteiger partial charge in [0.05, 0.1) is 13.2 Å². The molecule has 0 atom stereocenters. The van der Waals surface area contributed by atoms with Crippen molar-refractivity contribution < 1.29 is 4.74 Å². The van der Waals surface area contributed by atoms with Crippen molar-refractivity contribution in [3.63, 3.8) is 0 Å². The van der Waals surface area contributed by atoms with Crippen molar-refractivity contribution in [3.05, 3.63) is 35.9 Å². The van der Waals surface area contributed by atoms with Crippen LogP contribution in [0, 0.1) is 0 Å². The summed E-state index contributed by atoms with van der Waals surface area (Å²) in [4.78, 5) is 2.15. The molecule has 0 aliphatic heterocycles. The average Bonchev–Trinajstić information content (AvgIpc) is 2.52. The summed E-state index contributed by atoms with van der Waals surface area (Å²) in [6.07, 6.45) is 5.20. The minimum Gasteiger partial charge on any atom is -0.379 e. The van der Waals surface area contributed by atoms with E-state index >= 15 is 0 Å². The summed E-state index contributed by atoms with van der Waals surface area (Å²) >= 11 is 0. The summed E-state index contributed by atoms with van der Waals surface area (Å²) in [5.74, 6) is 0.764. The van der Waals surface area contributed by atoms with Crippen molar-refractivity contribution in [2.75, 3.05) is 40.4 Å². The van der Waals surface area contributed by atoms with E-state index in [4.69, 9.17) is 4.74 Å². The van der Waals surface area contributed by atoms with Gasteiger partial charge in [0.2, 0.25) is 0 Å². The highest BCUT2D eigenvalue weighted by Crippen LogP contribution is 2.32. The van der Waals surface area contributed by atoms with Crippen LogP contribution < -0.4 is 5.32 Å². The van der Waals surface area contributed by atoms with Crippen molar-refractivity contribution >= 4 is 0 Å². The number of rotatable bonds is 8. The number of benzene rings is 1. The molecule has 1 aromatic rings. The van der Waals surface area contributed by atoms with Crippen LogP contribution in [0.2, 0.25) is 0 Å². The Balaban J connectivity index is 1.55. The van der Waals surface area contributed by atoms with Crippen LogP contribution in [0.1, 0.15) is 37.2 Å². The fourth-order valence-electron chi connectivity index (χ4n) is 3.04. The Kier molecular flexibility index (Phi) is 7.20. The first-order chi connectivity index (χ1) is 10.3. The highest BCUT2D eigenvalue weighted by atomic mass is 16.5. The molecule has 0 amide bonds. The maximum Gasteiger partial charge on any atom is 0.0593 e. The minimum atomic E-state index is 0.683. The summed E-state index contributed by atoms with van der Waals surface area (Å²) in [7, 11) is 4.15. The highest BCUT2D eigenvalue weighted by molar-refractivity contribution is 5.20. The summed E-state index contributed by atoms with van der Waals surface area (Å²) < 4.78 is 5.62. The lowest BCUT2D eigenvalue weighted by molar-refractivity contribution is 0.116. The molecule has 0 bridgehead atoms. The lowest BCUT2D eigenvalue weighted by atomic mass is 9.82. The van der Waals surface area contributed by atoms with Crippen LogP contribution in [0.5, 0.6) is 0 Å². The summed E-state index contributed by atoms with van der Waals surface area (Å²) in [5.41, 5.74) is 1.52. The second kappa shape index (κ2) is 9.19. The first kappa shape index (κ1) is 16.5. The van der Waals surface area contributed by atoms with E-state index in [0.717, 1.165) is 32.2 Å². The van der Waals surface area contributed by atoms with Crippen LogP contribution in [0.4, 0.5) is 0 Å². The van der Waals surface area contributed by atoms with Crippen LogP contribution in [-0.4, -0.2) is 51.3 Å². The lowest BCUT2D eigenvalue weighted by Gasteiger charge is -2.29. The molecule has 1 N–H and O–H groups in total. The van der Waals surface area contributed by atoms with Crippen molar-refractivity contribution in [2.24, 2.45) is 0 Å². The molecule has 0 heterocycles. The third kappa shape index (κ3) is 6.16. The predicted molar refractivity (Wildman–Crippen MR) is 88.8 cm³/mol. The Labute approximate surface area is 129 Å². The zero-order valence-corrected chi connectivity index (χ0v) is 13.6. The van der Waals surface area contributed by atoms with Gasteiger partial charge in [-0.05, 0) is 51.3 Å². The Hall–Kier alpha value is -0.900. The van der Waals surface area contributed by atoms with E-state index in [1.165, 1.54) is 31.2 Å². The van der Waals surface area contributed by atoms with E-state index in [9.17, 15) is 0 Å². The fourth-order valence-corrected chi connectivity index (χ4v) is 3.04. The van der Waals surface area contributed by atoms with Gasteiger partial charge < -0.3 is 15.0 Å². The molecule has 1 aliphatic carbocycles. The van der Waals surface area contributed by atoms with Crippen molar-refractivity contribution in [1.82, 2.24) is 10.2 Å². The van der Waals surface area contributed by atoms with Gasteiger partial charge in [0.25, 0.3) is 0 Å². The molecule has 0 spiro atoms. The lowest BCUT2D eigenvalue weighted by Crippen LogP contribution is -2.35. The molecule has 0 radical (unpaired) electrons. The number of ether oxygens (including phenoxy) is 1. The molecule has 3 nitrogen and oxygen atoms in total. The standard InChI is InChI=1S/C18H30N2O/c1-20(2)13-15-21-14-12-19-18-10-8-17(9-11-18)16-6-4-3-5-7-16/h3-7,17-19H,8-15H2,1-2H3. The first-order valence-corrected chi connectivity index (χ1v) is 8.26. The molecular weight excluding hydrogens is 260 g/mol. The highest BCUT2D eigenvalue weighted by Gasteiger charge is 2.21. The van der Waals surface area contributed by atoms with Crippen molar-refractivity contribution in [3.8, 4) is 0 Å². The Morgan fingerprint density at radius 1 is 1.05 bits per heavy atom. The molecule has 0 aromatic heterocycles. The van der Waals surface area contributed by atoms with Crippen molar-refractivity contribution in [1.29, 1.82) is 0 Å². The van der Waals surface area contributed by atoms with Gasteiger partial charge in [-0.1, -0.05) is 30.3 Å². The molecule has 1 aliphatic rings. The number of likely N-dealkylation sites (N-methyl/N-ethyl adjacent to an activating group) is 1. The van der Waals surface area contributed by atoms with Gasteiger partial charge in [-0.25, -0.2) is 0 Å². The summed E-state index contributed by atoms with van der Waals surface area (Å²) in [6, 6.07) is 11.7. The van der Waals surface area contributed by atoms with Crippen LogP contribution in [0.3, 0.4) is 0 Å². The number of hydrogen-bond acceptors (Lipinski definition) is 3. The maximum atomic E-state index is 5.62. The average molecular weight is 290 g/mol. The topological polar surface area (TPSA) is 24.5 Å². The smallest absolute Gasteiger partial charge is 0.0593 e. The number of hydrogen-bond donors (Lipinski definition) is 1.